The molecule has 7 heteroatoms. The Bertz CT molecular complexity index is 894. The Kier molecular flexibility index (Phi) is 5.32. The van der Waals surface area contributed by atoms with Crippen molar-refractivity contribution in [3.8, 4) is 5.82 Å². The number of aromatic nitrogens is 4. The summed E-state index contributed by atoms with van der Waals surface area (Å²) in [7, 11) is 0. The Morgan fingerprint density at radius 3 is 2.61 bits per heavy atom. The van der Waals surface area contributed by atoms with Crippen molar-refractivity contribution in [2.45, 2.75) is 25.8 Å². The van der Waals surface area contributed by atoms with Crippen molar-refractivity contribution in [3.05, 3.63) is 66.5 Å². The molecule has 7 nitrogen and oxygen atoms in total. The van der Waals surface area contributed by atoms with Crippen molar-refractivity contribution >= 4 is 11.7 Å². The van der Waals surface area contributed by atoms with Crippen LogP contribution in [-0.2, 0) is 4.79 Å². The van der Waals surface area contributed by atoms with E-state index in [0.717, 1.165) is 30.8 Å². The van der Waals surface area contributed by atoms with Crippen LogP contribution in [-0.4, -0.2) is 39.0 Å². The summed E-state index contributed by atoms with van der Waals surface area (Å²) in [6, 6.07) is 15.7. The summed E-state index contributed by atoms with van der Waals surface area (Å²) in [5.74, 6) is 1.52. The second kappa shape index (κ2) is 8.21. The molecule has 3 aromatic rings. The highest BCUT2D eigenvalue weighted by atomic mass is 16.2. The van der Waals surface area contributed by atoms with Crippen molar-refractivity contribution in [2.24, 2.45) is 5.92 Å². The van der Waals surface area contributed by atoms with E-state index in [1.807, 2.05) is 61.7 Å². The third-order valence-corrected chi connectivity index (χ3v) is 5.15. The van der Waals surface area contributed by atoms with Gasteiger partial charge in [0, 0.05) is 25.5 Å². The molecule has 3 heterocycles. The zero-order valence-electron chi connectivity index (χ0n) is 15.9. The van der Waals surface area contributed by atoms with Gasteiger partial charge in [-0.3, -0.25) is 4.79 Å². The number of hydrogen-bond acceptors (Lipinski definition) is 5. The van der Waals surface area contributed by atoms with Gasteiger partial charge in [-0.1, -0.05) is 30.3 Å². The average Bonchev–Trinajstić information content (AvgIpc) is 3.29. The minimum absolute atomic E-state index is 0.00257. The molecule has 1 saturated heterocycles. The first-order valence-corrected chi connectivity index (χ1v) is 9.65. The molecule has 1 aromatic carbocycles. The first kappa shape index (κ1) is 18.2. The monoisotopic (exact) mass is 376 g/mol. The Morgan fingerprint density at radius 1 is 1.11 bits per heavy atom. The molecule has 0 spiro atoms. The molecule has 2 unspecified atom stereocenters. The third kappa shape index (κ3) is 4.03. The van der Waals surface area contributed by atoms with Crippen LogP contribution < -0.4 is 10.2 Å². The maximum Gasteiger partial charge on any atom is 0.225 e. The number of benzene rings is 1. The highest BCUT2D eigenvalue weighted by Gasteiger charge is 2.27. The Labute approximate surface area is 164 Å². The maximum atomic E-state index is 12.8. The summed E-state index contributed by atoms with van der Waals surface area (Å²) >= 11 is 0. The summed E-state index contributed by atoms with van der Waals surface area (Å²) in [5, 5.41) is 15.9. The quantitative estimate of drug-likeness (QED) is 0.741. The summed E-state index contributed by atoms with van der Waals surface area (Å²) in [6.07, 6.45) is 5.39. The number of nitrogens with one attached hydrogen (secondary N) is 1. The lowest BCUT2D eigenvalue weighted by molar-refractivity contribution is -0.125. The molecular formula is C21H24N6O. The first-order chi connectivity index (χ1) is 13.7. The largest absolute Gasteiger partial charge is 0.354 e. The van der Waals surface area contributed by atoms with E-state index in [-0.39, 0.29) is 17.9 Å². The molecule has 2 atom stereocenters. The van der Waals surface area contributed by atoms with Crippen LogP contribution in [0.1, 0.15) is 31.4 Å². The third-order valence-electron chi connectivity index (χ3n) is 5.15. The maximum absolute atomic E-state index is 12.8. The van der Waals surface area contributed by atoms with E-state index < -0.39 is 0 Å². The molecule has 0 bridgehead atoms. The number of nitrogens with zero attached hydrogens (tertiary/aromatic N) is 5. The van der Waals surface area contributed by atoms with Crippen molar-refractivity contribution < 1.29 is 4.79 Å². The lowest BCUT2D eigenvalue weighted by Gasteiger charge is -2.33. The van der Waals surface area contributed by atoms with E-state index in [2.05, 4.69) is 25.5 Å². The van der Waals surface area contributed by atoms with Crippen LogP contribution in [0.4, 0.5) is 5.82 Å². The van der Waals surface area contributed by atoms with Crippen LogP contribution >= 0.6 is 0 Å². The second-order valence-electron chi connectivity index (χ2n) is 7.13. The molecule has 28 heavy (non-hydrogen) atoms. The molecule has 1 amide bonds. The molecule has 0 aliphatic carbocycles. The number of carbonyl (C=O) groups excluding carboxylic acids is 1. The second-order valence-corrected chi connectivity index (χ2v) is 7.13. The number of hydrogen-bond donors (Lipinski definition) is 1. The van der Waals surface area contributed by atoms with Crippen molar-refractivity contribution in [1.29, 1.82) is 0 Å². The van der Waals surface area contributed by atoms with Crippen LogP contribution in [0.3, 0.4) is 0 Å². The molecule has 0 radical (unpaired) electrons. The smallest absolute Gasteiger partial charge is 0.225 e. The van der Waals surface area contributed by atoms with E-state index in [0.29, 0.717) is 12.4 Å². The van der Waals surface area contributed by atoms with Crippen LogP contribution in [0.15, 0.2) is 60.9 Å². The molecule has 1 aliphatic heterocycles. The van der Waals surface area contributed by atoms with Crippen LogP contribution in [0.25, 0.3) is 5.82 Å². The van der Waals surface area contributed by atoms with Crippen molar-refractivity contribution in [3.63, 3.8) is 0 Å². The van der Waals surface area contributed by atoms with E-state index in [1.54, 1.807) is 10.9 Å². The number of anilines is 1. The predicted molar refractivity (Wildman–Crippen MR) is 107 cm³/mol. The van der Waals surface area contributed by atoms with Crippen LogP contribution in [0, 0.1) is 5.92 Å². The summed E-state index contributed by atoms with van der Waals surface area (Å²) in [4.78, 5) is 14.9. The lowest BCUT2D eigenvalue weighted by atomic mass is 9.96. The van der Waals surface area contributed by atoms with Gasteiger partial charge in [0.25, 0.3) is 0 Å². The van der Waals surface area contributed by atoms with Gasteiger partial charge in [0.1, 0.15) is 0 Å². The minimum atomic E-state index is -0.0486. The van der Waals surface area contributed by atoms with Gasteiger partial charge in [0.2, 0.25) is 5.91 Å². The van der Waals surface area contributed by atoms with Gasteiger partial charge in [-0.2, -0.15) is 5.10 Å². The molecule has 1 aliphatic rings. The SMILES string of the molecule is CC(NC(=O)C1CCCN(c2ccc(-n3cccn3)nn2)C1)c1ccccc1. The van der Waals surface area contributed by atoms with Gasteiger partial charge in [0.15, 0.2) is 11.6 Å². The van der Waals surface area contributed by atoms with Gasteiger partial charge >= 0.3 is 0 Å². The van der Waals surface area contributed by atoms with Crippen molar-refractivity contribution in [2.75, 3.05) is 18.0 Å². The van der Waals surface area contributed by atoms with E-state index >= 15 is 0 Å². The number of piperidine rings is 1. The fourth-order valence-corrected chi connectivity index (χ4v) is 3.57. The van der Waals surface area contributed by atoms with Gasteiger partial charge in [-0.05, 0) is 43.5 Å². The molecule has 1 N–H and O–H groups in total. The minimum Gasteiger partial charge on any atom is -0.354 e. The van der Waals surface area contributed by atoms with Gasteiger partial charge in [-0.15, -0.1) is 10.2 Å². The normalized spacial score (nSPS) is 17.9. The van der Waals surface area contributed by atoms with E-state index in [1.165, 1.54) is 0 Å². The Balaban J connectivity index is 1.39. The fraction of sp³-hybridized carbons (Fsp3) is 0.333. The summed E-state index contributed by atoms with van der Waals surface area (Å²) in [6.45, 7) is 3.56. The lowest BCUT2D eigenvalue weighted by Crippen LogP contribution is -2.44. The fourth-order valence-electron chi connectivity index (χ4n) is 3.57. The van der Waals surface area contributed by atoms with Crippen LogP contribution in [0.5, 0.6) is 0 Å². The number of carbonyl (C=O) groups is 1. The standard InChI is InChI=1S/C21H24N6O/c1-16(17-7-3-2-4-8-17)23-21(28)18-9-5-13-26(15-18)19-10-11-20(25-24-19)27-14-6-12-22-27/h2-4,6-8,10-12,14,16,18H,5,9,13,15H2,1H3,(H,23,28). The zero-order chi connectivity index (χ0) is 19.3. The molecular weight excluding hydrogens is 352 g/mol. The molecule has 144 valence electrons. The van der Waals surface area contributed by atoms with Crippen molar-refractivity contribution in [1.82, 2.24) is 25.3 Å². The first-order valence-electron chi connectivity index (χ1n) is 9.65. The summed E-state index contributed by atoms with van der Waals surface area (Å²) < 4.78 is 1.67. The van der Waals surface area contributed by atoms with E-state index in [4.69, 9.17) is 0 Å². The zero-order valence-corrected chi connectivity index (χ0v) is 15.9. The molecule has 2 aromatic heterocycles. The Hall–Kier alpha value is -3.22. The van der Waals surface area contributed by atoms with Crippen LogP contribution in [0.2, 0.25) is 0 Å². The molecule has 0 saturated carbocycles. The highest BCUT2D eigenvalue weighted by molar-refractivity contribution is 5.80. The van der Waals surface area contributed by atoms with Gasteiger partial charge in [0.05, 0.1) is 12.0 Å². The summed E-state index contributed by atoms with van der Waals surface area (Å²) in [5.41, 5.74) is 1.11. The van der Waals surface area contributed by atoms with E-state index in [9.17, 15) is 4.79 Å². The number of rotatable bonds is 5. The topological polar surface area (TPSA) is 75.9 Å². The highest BCUT2D eigenvalue weighted by Crippen LogP contribution is 2.23. The Morgan fingerprint density at radius 2 is 1.89 bits per heavy atom. The number of amides is 1. The van der Waals surface area contributed by atoms with Gasteiger partial charge in [-0.25, -0.2) is 4.68 Å². The van der Waals surface area contributed by atoms with Gasteiger partial charge < -0.3 is 10.2 Å². The average molecular weight is 376 g/mol. The molecule has 4 rings (SSSR count). The predicted octanol–water partition coefficient (Wildman–Crippen LogP) is 2.76. The molecule has 1 fully saturated rings.